The molecule has 0 amide bonds. The molecule has 0 saturated heterocycles. The highest BCUT2D eigenvalue weighted by Gasteiger charge is 2.07. The largest absolute Gasteiger partial charge is 0.354 e. The molecule has 0 aliphatic heterocycles. The first-order valence-electron chi connectivity index (χ1n) is 3.47. The molecule has 0 unspecified atom stereocenters. The number of thiazole rings is 1. The molecule has 0 N–H and O–H groups in total. The van der Waals surface area contributed by atoms with Crippen LogP contribution in [-0.4, -0.2) is 19.1 Å². The summed E-state index contributed by atoms with van der Waals surface area (Å²) < 4.78 is 1.16. The second-order valence-corrected chi connectivity index (χ2v) is 4.76. The predicted molar refractivity (Wildman–Crippen MR) is 53.5 cm³/mol. The number of aromatic nitrogens is 1. The van der Waals surface area contributed by atoms with Gasteiger partial charge in [0.1, 0.15) is 0 Å². The van der Waals surface area contributed by atoms with Gasteiger partial charge in [0.25, 0.3) is 0 Å². The first kappa shape index (κ1) is 9.00. The van der Waals surface area contributed by atoms with Gasteiger partial charge in [-0.3, -0.25) is 0 Å². The van der Waals surface area contributed by atoms with Gasteiger partial charge in [-0.1, -0.05) is 18.3 Å². The topological polar surface area (TPSA) is 16.1 Å². The van der Waals surface area contributed by atoms with E-state index in [0.717, 1.165) is 21.0 Å². The van der Waals surface area contributed by atoms with Crippen molar-refractivity contribution in [3.8, 4) is 0 Å². The summed E-state index contributed by atoms with van der Waals surface area (Å²) in [6, 6.07) is 0. The minimum atomic E-state index is 0.991. The zero-order valence-corrected chi connectivity index (χ0v) is 9.29. The zero-order valence-electron chi connectivity index (χ0n) is 6.89. The minimum Gasteiger partial charge on any atom is -0.354 e. The lowest BCUT2D eigenvalue weighted by Gasteiger charge is -2.04. The van der Waals surface area contributed by atoms with Crippen LogP contribution in [0.5, 0.6) is 0 Å². The fourth-order valence-corrected chi connectivity index (χ4v) is 2.34. The maximum absolute atomic E-state index is 4.43. The molecule has 1 rings (SSSR count). The van der Waals surface area contributed by atoms with Crippen molar-refractivity contribution in [3.63, 3.8) is 0 Å². The van der Waals surface area contributed by atoms with Gasteiger partial charge in [0.15, 0.2) is 5.13 Å². The van der Waals surface area contributed by atoms with Crippen molar-refractivity contribution in [3.05, 3.63) is 9.48 Å². The van der Waals surface area contributed by atoms with Gasteiger partial charge in [-0.2, -0.15) is 0 Å². The van der Waals surface area contributed by atoms with E-state index in [4.69, 9.17) is 0 Å². The van der Waals surface area contributed by atoms with Crippen LogP contribution >= 0.6 is 27.3 Å². The van der Waals surface area contributed by atoms with E-state index in [9.17, 15) is 0 Å². The van der Waals surface area contributed by atoms with Gasteiger partial charge < -0.3 is 4.90 Å². The highest BCUT2D eigenvalue weighted by Crippen LogP contribution is 2.29. The molecule has 1 aromatic heterocycles. The summed E-state index contributed by atoms with van der Waals surface area (Å²) in [6.45, 7) is 2.11. The second-order valence-electron chi connectivity index (χ2n) is 2.46. The number of rotatable bonds is 2. The lowest BCUT2D eigenvalue weighted by atomic mass is 10.4. The van der Waals surface area contributed by atoms with Crippen molar-refractivity contribution in [1.82, 2.24) is 4.98 Å². The van der Waals surface area contributed by atoms with E-state index in [1.165, 1.54) is 0 Å². The van der Waals surface area contributed by atoms with E-state index in [1.54, 1.807) is 11.3 Å². The van der Waals surface area contributed by atoms with Crippen LogP contribution in [0, 0.1) is 0 Å². The molecule has 0 atom stereocenters. The van der Waals surface area contributed by atoms with Crippen molar-refractivity contribution < 1.29 is 0 Å². The first-order chi connectivity index (χ1) is 5.15. The summed E-state index contributed by atoms with van der Waals surface area (Å²) in [4.78, 5) is 6.45. The fraction of sp³-hybridized carbons (Fsp3) is 0.571. The monoisotopic (exact) mass is 234 g/mol. The van der Waals surface area contributed by atoms with Crippen LogP contribution in [0.4, 0.5) is 5.13 Å². The molecule has 0 fully saturated rings. The summed E-state index contributed by atoms with van der Waals surface area (Å²) in [6.07, 6.45) is 0.991. The van der Waals surface area contributed by atoms with Crippen LogP contribution in [-0.2, 0) is 6.42 Å². The number of halogens is 1. The highest BCUT2D eigenvalue weighted by molar-refractivity contribution is 9.11. The lowest BCUT2D eigenvalue weighted by Crippen LogP contribution is -2.07. The Bertz CT molecular complexity index is 245. The Balaban J connectivity index is 2.95. The molecule has 0 aliphatic rings. The molecule has 62 valence electrons. The van der Waals surface area contributed by atoms with Crippen molar-refractivity contribution in [2.45, 2.75) is 13.3 Å². The van der Waals surface area contributed by atoms with Gasteiger partial charge in [0.2, 0.25) is 0 Å². The normalized spacial score (nSPS) is 10.2. The SMILES string of the molecule is CCc1nc(N(C)C)sc1Br. The van der Waals surface area contributed by atoms with Gasteiger partial charge in [-0.25, -0.2) is 4.98 Å². The van der Waals surface area contributed by atoms with Crippen LogP contribution in [0.2, 0.25) is 0 Å². The van der Waals surface area contributed by atoms with Crippen molar-refractivity contribution in [1.29, 1.82) is 0 Å². The number of nitrogens with zero attached hydrogens (tertiary/aromatic N) is 2. The first-order valence-corrected chi connectivity index (χ1v) is 5.08. The molecule has 0 bridgehead atoms. The molecule has 0 aliphatic carbocycles. The molecule has 0 radical (unpaired) electrons. The van der Waals surface area contributed by atoms with Crippen LogP contribution in [0.15, 0.2) is 3.79 Å². The molecule has 1 aromatic rings. The maximum atomic E-state index is 4.43. The van der Waals surface area contributed by atoms with E-state index < -0.39 is 0 Å². The average molecular weight is 235 g/mol. The van der Waals surface area contributed by atoms with E-state index in [1.807, 2.05) is 19.0 Å². The molecular formula is C7H11BrN2S. The number of aryl methyl sites for hydroxylation is 1. The Morgan fingerprint density at radius 1 is 1.55 bits per heavy atom. The average Bonchev–Trinajstić information content (AvgIpc) is 2.31. The third-order valence-corrected chi connectivity index (χ3v) is 3.35. The van der Waals surface area contributed by atoms with Crippen LogP contribution in [0.3, 0.4) is 0 Å². The molecule has 0 saturated carbocycles. The third-order valence-electron chi connectivity index (χ3n) is 1.36. The van der Waals surface area contributed by atoms with Crippen molar-refractivity contribution in [2.24, 2.45) is 0 Å². The lowest BCUT2D eigenvalue weighted by molar-refractivity contribution is 1.02. The van der Waals surface area contributed by atoms with Crippen LogP contribution < -0.4 is 4.90 Å². The zero-order chi connectivity index (χ0) is 8.43. The highest BCUT2D eigenvalue weighted by atomic mass is 79.9. The number of hydrogen-bond donors (Lipinski definition) is 0. The predicted octanol–water partition coefficient (Wildman–Crippen LogP) is 2.53. The molecule has 1 heterocycles. The van der Waals surface area contributed by atoms with Gasteiger partial charge in [-0.15, -0.1) is 0 Å². The fourth-order valence-electron chi connectivity index (χ4n) is 0.731. The molecule has 11 heavy (non-hydrogen) atoms. The van der Waals surface area contributed by atoms with Crippen molar-refractivity contribution >= 4 is 32.4 Å². The Hall–Kier alpha value is -0.0900. The quantitative estimate of drug-likeness (QED) is 0.783. The van der Waals surface area contributed by atoms with Gasteiger partial charge in [-0.05, 0) is 22.4 Å². The molecular weight excluding hydrogens is 224 g/mol. The van der Waals surface area contributed by atoms with Gasteiger partial charge >= 0.3 is 0 Å². The Morgan fingerprint density at radius 3 is 2.45 bits per heavy atom. The smallest absolute Gasteiger partial charge is 0.186 e. The van der Waals surface area contributed by atoms with Gasteiger partial charge in [0.05, 0.1) is 9.48 Å². The van der Waals surface area contributed by atoms with Crippen LogP contribution in [0.25, 0.3) is 0 Å². The number of hydrogen-bond acceptors (Lipinski definition) is 3. The van der Waals surface area contributed by atoms with E-state index in [0.29, 0.717) is 0 Å². The molecule has 0 spiro atoms. The number of anilines is 1. The summed E-state index contributed by atoms with van der Waals surface area (Å²) in [5.74, 6) is 0. The summed E-state index contributed by atoms with van der Waals surface area (Å²) in [5.41, 5.74) is 1.15. The van der Waals surface area contributed by atoms with Gasteiger partial charge in [0, 0.05) is 14.1 Å². The van der Waals surface area contributed by atoms with Crippen molar-refractivity contribution in [2.75, 3.05) is 19.0 Å². The molecule has 2 nitrogen and oxygen atoms in total. The third kappa shape index (κ3) is 1.93. The summed E-state index contributed by atoms with van der Waals surface area (Å²) >= 11 is 5.15. The van der Waals surface area contributed by atoms with E-state index in [2.05, 4.69) is 27.8 Å². The second kappa shape index (κ2) is 3.54. The van der Waals surface area contributed by atoms with E-state index >= 15 is 0 Å². The minimum absolute atomic E-state index is 0.991. The Kier molecular flexibility index (Phi) is 2.90. The Labute approximate surface area is 79.4 Å². The summed E-state index contributed by atoms with van der Waals surface area (Å²) in [7, 11) is 4.01. The maximum Gasteiger partial charge on any atom is 0.186 e. The van der Waals surface area contributed by atoms with E-state index in [-0.39, 0.29) is 0 Å². The van der Waals surface area contributed by atoms with Crippen LogP contribution in [0.1, 0.15) is 12.6 Å². The standard InChI is InChI=1S/C7H11BrN2S/c1-4-5-6(8)11-7(9-5)10(2)3/h4H2,1-3H3. The molecule has 0 aromatic carbocycles. The summed E-state index contributed by atoms with van der Waals surface area (Å²) in [5, 5.41) is 1.06. The molecule has 4 heteroatoms. The Morgan fingerprint density at radius 2 is 2.18 bits per heavy atom.